The fourth-order valence-electron chi connectivity index (χ4n) is 1.91. The summed E-state index contributed by atoms with van der Waals surface area (Å²) >= 11 is 0. The molecule has 2 aromatic rings. The summed E-state index contributed by atoms with van der Waals surface area (Å²) in [5, 5.41) is 0. The fraction of sp³-hybridized carbons (Fsp3) is 0.316. The molecule has 0 atom stereocenters. The molecule has 0 spiro atoms. The van der Waals surface area contributed by atoms with Crippen molar-refractivity contribution >= 4 is 21.6 Å². The number of aliphatic imine (C=N–C) groups is 1. The van der Waals surface area contributed by atoms with Gasteiger partial charge < -0.3 is 5.73 Å². The van der Waals surface area contributed by atoms with Gasteiger partial charge in [-0.05, 0) is 44.5 Å². The summed E-state index contributed by atoms with van der Waals surface area (Å²) in [7, 11) is -4.02. The summed E-state index contributed by atoms with van der Waals surface area (Å²) in [5.74, 6) is 0.732. The first-order chi connectivity index (χ1) is 11.7. The topological polar surface area (TPSA) is 92.8 Å². The second-order valence-corrected chi connectivity index (χ2v) is 7.25. The van der Waals surface area contributed by atoms with Crippen molar-refractivity contribution in [2.45, 2.75) is 44.9 Å². The Morgan fingerprint density at radius 3 is 1.92 bits per heavy atom. The van der Waals surface area contributed by atoms with E-state index in [1.165, 1.54) is 17.7 Å². The van der Waals surface area contributed by atoms with Crippen molar-refractivity contribution in [2.24, 2.45) is 10.7 Å². The van der Waals surface area contributed by atoms with Gasteiger partial charge in [0.15, 0.2) is 0 Å². The number of nitrogens with two attached hydrogens (primary N) is 1. The Morgan fingerprint density at radius 2 is 1.48 bits per heavy atom. The van der Waals surface area contributed by atoms with Crippen molar-refractivity contribution in [3.63, 3.8) is 0 Å². The lowest BCUT2D eigenvalue weighted by molar-refractivity contribution is 0.483. The van der Waals surface area contributed by atoms with Gasteiger partial charge in [0.1, 0.15) is 0 Å². The molecule has 5 nitrogen and oxygen atoms in total. The van der Waals surface area contributed by atoms with Gasteiger partial charge in [-0.25, -0.2) is 4.99 Å². The molecular weight excluding hydrogens is 336 g/mol. The van der Waals surface area contributed by atoms with E-state index in [2.05, 4.69) is 18.8 Å². The summed E-state index contributed by atoms with van der Waals surface area (Å²) < 4.78 is 29.6. The number of amidine groups is 1. The molecule has 0 fully saturated rings. The molecule has 0 unspecified atom stereocenters. The van der Waals surface area contributed by atoms with Gasteiger partial charge in [-0.1, -0.05) is 48.7 Å². The number of nitrogens with zero attached hydrogens (tertiary/aromatic N) is 1. The van der Waals surface area contributed by atoms with E-state index in [9.17, 15) is 8.42 Å². The average molecular weight is 362 g/mol. The van der Waals surface area contributed by atoms with Gasteiger partial charge in [0.05, 0.1) is 16.4 Å². The Balaban J connectivity index is 0.000000257. The highest BCUT2D eigenvalue weighted by Gasteiger charge is 2.06. The smallest absolute Gasteiger partial charge is 0.294 e. The van der Waals surface area contributed by atoms with E-state index in [1.807, 2.05) is 31.2 Å². The minimum Gasteiger partial charge on any atom is -0.387 e. The zero-order valence-electron chi connectivity index (χ0n) is 14.9. The molecule has 136 valence electrons. The van der Waals surface area contributed by atoms with Crippen molar-refractivity contribution < 1.29 is 13.0 Å². The maximum Gasteiger partial charge on any atom is 0.294 e. The molecule has 3 N–H and O–H groups in total. The Morgan fingerprint density at radius 1 is 1.00 bits per heavy atom. The molecule has 0 aliphatic heterocycles. The highest BCUT2D eigenvalue weighted by Crippen LogP contribution is 2.13. The lowest BCUT2D eigenvalue weighted by atomic mass is 10.2. The lowest BCUT2D eigenvalue weighted by Gasteiger charge is -1.99. The predicted molar refractivity (Wildman–Crippen MR) is 103 cm³/mol. The van der Waals surface area contributed by atoms with Crippen molar-refractivity contribution in [1.82, 2.24) is 0 Å². The van der Waals surface area contributed by atoms with Crippen LogP contribution in [0.5, 0.6) is 0 Å². The molecule has 0 bridgehead atoms. The molecule has 0 amide bonds. The number of benzene rings is 2. The van der Waals surface area contributed by atoms with Crippen LogP contribution < -0.4 is 5.73 Å². The average Bonchev–Trinajstić information content (AvgIpc) is 2.55. The van der Waals surface area contributed by atoms with E-state index in [4.69, 9.17) is 10.3 Å². The summed E-state index contributed by atoms with van der Waals surface area (Å²) in [6.07, 6.45) is 3.16. The maximum atomic E-state index is 10.5. The van der Waals surface area contributed by atoms with Crippen LogP contribution in [0.15, 0.2) is 58.4 Å². The van der Waals surface area contributed by atoms with E-state index >= 15 is 0 Å². The van der Waals surface area contributed by atoms with Crippen LogP contribution in [-0.2, 0) is 10.1 Å². The molecule has 2 rings (SSSR count). The van der Waals surface area contributed by atoms with E-state index < -0.39 is 10.1 Å². The van der Waals surface area contributed by atoms with E-state index in [1.54, 1.807) is 12.1 Å². The van der Waals surface area contributed by atoms with Crippen LogP contribution in [0.4, 0.5) is 5.69 Å². The molecule has 0 radical (unpaired) electrons. The Kier molecular flexibility index (Phi) is 8.31. The molecular formula is C19H26N2O3S. The molecule has 0 heterocycles. The molecule has 0 aromatic heterocycles. The third-order valence-corrected chi connectivity index (χ3v) is 4.28. The van der Waals surface area contributed by atoms with Gasteiger partial charge in [0.2, 0.25) is 0 Å². The van der Waals surface area contributed by atoms with E-state index in [0.717, 1.165) is 36.3 Å². The molecule has 2 aromatic carbocycles. The standard InChI is InChI=1S/C12H18N2.C7H8O3S/c1-3-4-5-12(13)14-11-8-6-10(2)7-9-11;1-6-2-4-7(5-3-6)11(8,9)10/h6-9H,3-5H2,1-2H3,(H2,13,14);2-5H,1H3,(H,8,9,10). The number of aryl methyl sites for hydroxylation is 2. The van der Waals surface area contributed by atoms with Crippen LogP contribution in [0.25, 0.3) is 0 Å². The second kappa shape index (κ2) is 9.96. The summed E-state index contributed by atoms with van der Waals surface area (Å²) in [4.78, 5) is 4.27. The van der Waals surface area contributed by atoms with Crippen LogP contribution in [0, 0.1) is 13.8 Å². The zero-order valence-corrected chi connectivity index (χ0v) is 15.8. The van der Waals surface area contributed by atoms with Crippen molar-refractivity contribution in [2.75, 3.05) is 0 Å². The monoisotopic (exact) mass is 362 g/mol. The molecule has 0 saturated heterocycles. The first-order valence-electron chi connectivity index (χ1n) is 8.16. The highest BCUT2D eigenvalue weighted by molar-refractivity contribution is 7.85. The van der Waals surface area contributed by atoms with Gasteiger partial charge in [-0.15, -0.1) is 0 Å². The van der Waals surface area contributed by atoms with Crippen molar-refractivity contribution in [3.8, 4) is 0 Å². The quantitative estimate of drug-likeness (QED) is 0.468. The largest absolute Gasteiger partial charge is 0.387 e. The van der Waals surface area contributed by atoms with E-state index in [0.29, 0.717) is 0 Å². The molecule has 0 saturated carbocycles. The minimum absolute atomic E-state index is 0.0666. The van der Waals surface area contributed by atoms with Crippen LogP contribution in [0.1, 0.15) is 37.3 Å². The Labute approximate surface area is 150 Å². The molecule has 6 heteroatoms. The molecule has 0 aliphatic rings. The SMILES string of the molecule is CCCCC(N)=Nc1ccc(C)cc1.Cc1ccc(S(=O)(=O)O)cc1. The van der Waals surface area contributed by atoms with Crippen LogP contribution in [0.2, 0.25) is 0 Å². The third kappa shape index (κ3) is 8.47. The van der Waals surface area contributed by atoms with Gasteiger partial charge in [-0.3, -0.25) is 4.55 Å². The third-order valence-electron chi connectivity index (χ3n) is 3.41. The van der Waals surface area contributed by atoms with Crippen LogP contribution >= 0.6 is 0 Å². The number of unbranched alkanes of at least 4 members (excludes halogenated alkanes) is 1. The van der Waals surface area contributed by atoms with E-state index in [-0.39, 0.29) is 4.90 Å². The number of hydrogen-bond donors (Lipinski definition) is 2. The fourth-order valence-corrected chi connectivity index (χ4v) is 2.39. The number of hydrogen-bond acceptors (Lipinski definition) is 3. The number of rotatable bonds is 5. The predicted octanol–water partition coefficient (Wildman–Crippen LogP) is 4.42. The Hall–Kier alpha value is -2.18. The zero-order chi connectivity index (χ0) is 18.9. The molecule has 0 aliphatic carbocycles. The van der Waals surface area contributed by atoms with Gasteiger partial charge in [0.25, 0.3) is 10.1 Å². The lowest BCUT2D eigenvalue weighted by Crippen LogP contribution is -2.10. The maximum absolute atomic E-state index is 10.5. The summed E-state index contributed by atoms with van der Waals surface area (Å²) in [6, 6.07) is 14.1. The van der Waals surface area contributed by atoms with Gasteiger partial charge in [-0.2, -0.15) is 8.42 Å². The van der Waals surface area contributed by atoms with Crippen LogP contribution in [-0.4, -0.2) is 18.8 Å². The normalized spacial score (nSPS) is 11.6. The first-order valence-corrected chi connectivity index (χ1v) is 9.60. The summed E-state index contributed by atoms with van der Waals surface area (Å²) in [5.41, 5.74) is 8.93. The van der Waals surface area contributed by atoms with Gasteiger partial charge >= 0.3 is 0 Å². The minimum atomic E-state index is -4.02. The second-order valence-electron chi connectivity index (χ2n) is 5.83. The van der Waals surface area contributed by atoms with Crippen LogP contribution in [0.3, 0.4) is 0 Å². The first kappa shape index (κ1) is 20.9. The van der Waals surface area contributed by atoms with Crippen molar-refractivity contribution in [3.05, 3.63) is 59.7 Å². The summed E-state index contributed by atoms with van der Waals surface area (Å²) in [6.45, 7) is 6.06. The van der Waals surface area contributed by atoms with Crippen molar-refractivity contribution in [1.29, 1.82) is 0 Å². The Bertz CT molecular complexity index is 780. The van der Waals surface area contributed by atoms with Gasteiger partial charge in [0, 0.05) is 6.42 Å². The highest BCUT2D eigenvalue weighted by atomic mass is 32.2. The molecule has 25 heavy (non-hydrogen) atoms.